The molecule has 0 bridgehead atoms. The van der Waals surface area contributed by atoms with E-state index in [4.69, 9.17) is 16.3 Å². The van der Waals surface area contributed by atoms with Crippen LogP contribution in [0.5, 0.6) is 11.5 Å². The van der Waals surface area contributed by atoms with Crippen molar-refractivity contribution in [2.24, 2.45) is 0 Å². The van der Waals surface area contributed by atoms with Gasteiger partial charge in [0.2, 0.25) is 10.0 Å². The Balaban J connectivity index is 1.65. The first kappa shape index (κ1) is 31.6. The van der Waals surface area contributed by atoms with Crippen LogP contribution in [0, 0.1) is 13.8 Å². The van der Waals surface area contributed by atoms with Gasteiger partial charge in [-0.1, -0.05) is 63.6 Å². The van der Waals surface area contributed by atoms with Gasteiger partial charge in [0.25, 0.3) is 0 Å². The molecule has 2 amide bonds. The number of hydrogen-bond acceptors (Lipinski definition) is 4. The number of carbonyl (C=O) groups excluding carboxylic acids is 1. The summed E-state index contributed by atoms with van der Waals surface area (Å²) in [5.41, 5.74) is 5.74. The van der Waals surface area contributed by atoms with E-state index in [9.17, 15) is 13.2 Å². The Labute approximate surface area is 255 Å². The van der Waals surface area contributed by atoms with Crippen LogP contribution in [0.15, 0.2) is 65.6 Å². The third-order valence-electron chi connectivity index (χ3n) is 7.58. The van der Waals surface area contributed by atoms with Gasteiger partial charge in [-0.05, 0) is 90.4 Å². The van der Waals surface area contributed by atoms with E-state index < -0.39 is 10.0 Å². The summed E-state index contributed by atoms with van der Waals surface area (Å²) in [5.74, 6) is 1.25. The van der Waals surface area contributed by atoms with Crippen LogP contribution in [0.3, 0.4) is 0 Å². The molecule has 3 aromatic rings. The van der Waals surface area contributed by atoms with Gasteiger partial charge in [0, 0.05) is 31.2 Å². The Kier molecular flexibility index (Phi) is 10.0. The lowest BCUT2D eigenvalue weighted by atomic mass is 9.96. The van der Waals surface area contributed by atoms with Gasteiger partial charge in [-0.2, -0.15) is 4.31 Å². The van der Waals surface area contributed by atoms with E-state index in [0.29, 0.717) is 54.8 Å². The summed E-state index contributed by atoms with van der Waals surface area (Å²) in [4.78, 5) is 15.3. The summed E-state index contributed by atoms with van der Waals surface area (Å²) >= 11 is 6.13. The van der Waals surface area contributed by atoms with E-state index in [-0.39, 0.29) is 16.8 Å². The third-order valence-corrected chi connectivity index (χ3v) is 9.86. The molecular weight excluding hydrogens is 570 g/mol. The molecule has 0 saturated carbocycles. The molecule has 7 nitrogen and oxygen atoms in total. The van der Waals surface area contributed by atoms with Crippen LogP contribution in [0.4, 0.5) is 10.5 Å². The second kappa shape index (κ2) is 13.3. The van der Waals surface area contributed by atoms with Crippen molar-refractivity contribution in [2.75, 3.05) is 31.5 Å². The van der Waals surface area contributed by atoms with Crippen molar-refractivity contribution >= 4 is 38.9 Å². The maximum absolute atomic E-state index is 13.5. The van der Waals surface area contributed by atoms with Gasteiger partial charge in [-0.3, -0.25) is 0 Å². The zero-order valence-corrected chi connectivity index (χ0v) is 26.8. The van der Waals surface area contributed by atoms with E-state index >= 15 is 0 Å². The van der Waals surface area contributed by atoms with Gasteiger partial charge in [0.1, 0.15) is 5.75 Å². The molecule has 0 saturated heterocycles. The zero-order chi connectivity index (χ0) is 30.6. The van der Waals surface area contributed by atoms with Crippen molar-refractivity contribution in [3.63, 3.8) is 0 Å². The van der Waals surface area contributed by atoms with E-state index in [1.807, 2.05) is 50.2 Å². The number of nitrogens with one attached hydrogen (secondary N) is 1. The lowest BCUT2D eigenvalue weighted by Crippen LogP contribution is -2.38. The minimum absolute atomic E-state index is 0.0983. The fraction of sp³-hybridized carbons (Fsp3) is 0.364. The number of halogens is 1. The molecule has 0 radical (unpaired) electrons. The number of aryl methyl sites for hydroxylation is 2. The molecule has 0 aliphatic carbocycles. The van der Waals surface area contributed by atoms with Gasteiger partial charge in [-0.15, -0.1) is 0 Å². The molecule has 0 fully saturated rings. The molecule has 42 heavy (non-hydrogen) atoms. The molecule has 1 heterocycles. The molecule has 4 rings (SSSR count). The van der Waals surface area contributed by atoms with E-state index in [1.54, 1.807) is 24.8 Å². The maximum atomic E-state index is 13.5. The average molecular weight is 610 g/mol. The monoisotopic (exact) mass is 609 g/mol. The minimum Gasteiger partial charge on any atom is -0.455 e. The van der Waals surface area contributed by atoms with Crippen molar-refractivity contribution in [1.82, 2.24) is 9.21 Å². The van der Waals surface area contributed by atoms with Crippen LogP contribution in [0.2, 0.25) is 5.02 Å². The first-order valence-electron chi connectivity index (χ1n) is 14.4. The second-order valence-electron chi connectivity index (χ2n) is 10.9. The topological polar surface area (TPSA) is 79.0 Å². The van der Waals surface area contributed by atoms with Crippen molar-refractivity contribution < 1.29 is 17.9 Å². The molecule has 1 aliphatic heterocycles. The largest absolute Gasteiger partial charge is 0.455 e. The van der Waals surface area contributed by atoms with E-state index in [2.05, 4.69) is 25.2 Å². The summed E-state index contributed by atoms with van der Waals surface area (Å²) in [6.45, 7) is 13.4. The highest BCUT2D eigenvalue weighted by atomic mass is 35.5. The van der Waals surface area contributed by atoms with Crippen molar-refractivity contribution in [3.8, 4) is 11.5 Å². The fourth-order valence-electron chi connectivity index (χ4n) is 5.17. The molecule has 224 valence electrons. The Bertz CT molecular complexity index is 1600. The average Bonchev–Trinajstić information content (AvgIpc) is 2.94. The zero-order valence-electron chi connectivity index (χ0n) is 25.2. The normalized spacial score (nSPS) is 13.8. The highest BCUT2D eigenvalue weighted by Crippen LogP contribution is 2.37. The molecule has 0 spiro atoms. The van der Waals surface area contributed by atoms with Crippen LogP contribution >= 0.6 is 11.6 Å². The number of carbonyl (C=O) groups is 1. The predicted molar refractivity (Wildman–Crippen MR) is 171 cm³/mol. The van der Waals surface area contributed by atoms with Crippen LogP contribution in [0.1, 0.15) is 62.3 Å². The van der Waals surface area contributed by atoms with Gasteiger partial charge < -0.3 is 15.0 Å². The lowest BCUT2D eigenvalue weighted by molar-refractivity contribution is 0.217. The Morgan fingerprint density at radius 2 is 1.76 bits per heavy atom. The number of hydrogen-bond donors (Lipinski definition) is 1. The molecule has 3 aromatic carbocycles. The van der Waals surface area contributed by atoms with Gasteiger partial charge in [-0.25, -0.2) is 13.2 Å². The molecule has 0 unspecified atom stereocenters. The lowest BCUT2D eigenvalue weighted by Gasteiger charge is -2.28. The number of rotatable bonds is 9. The number of anilines is 1. The predicted octanol–water partition coefficient (Wildman–Crippen LogP) is 8.22. The van der Waals surface area contributed by atoms with E-state index in [0.717, 1.165) is 22.3 Å². The van der Waals surface area contributed by atoms with E-state index in [1.165, 1.54) is 22.0 Å². The number of benzene rings is 3. The summed E-state index contributed by atoms with van der Waals surface area (Å²) < 4.78 is 34.5. The highest BCUT2D eigenvalue weighted by Gasteiger charge is 2.25. The van der Waals surface area contributed by atoms with Crippen molar-refractivity contribution in [1.29, 1.82) is 0 Å². The van der Waals surface area contributed by atoms with Crippen LogP contribution < -0.4 is 10.1 Å². The maximum Gasteiger partial charge on any atom is 0.322 e. The third kappa shape index (κ3) is 7.00. The summed E-state index contributed by atoms with van der Waals surface area (Å²) in [7, 11) is -3.75. The summed E-state index contributed by atoms with van der Waals surface area (Å²) in [6, 6.07) is 16.2. The standard InChI is InChI=1S/C33H40ClN3O4S/c1-7-37(8-2)42(39,40)27-11-14-31(41-32-19-23(5)9-12-28(32)22(3)4)30(21-27)35-33(38)36-17-15-25(16-18-36)29-13-10-26(34)20-24(29)6/h9-15,19-22H,7-8,16-18H2,1-6H3,(H,35,38). The first-order valence-corrected chi connectivity index (χ1v) is 16.2. The second-order valence-corrected chi connectivity index (χ2v) is 13.2. The molecule has 1 N–H and O–H groups in total. The molecular formula is C33H40ClN3O4S. The Morgan fingerprint density at radius 1 is 1.02 bits per heavy atom. The minimum atomic E-state index is -3.75. The number of amides is 2. The van der Waals surface area contributed by atoms with Gasteiger partial charge in [0.05, 0.1) is 10.6 Å². The number of ether oxygens (including phenoxy) is 1. The van der Waals surface area contributed by atoms with Crippen LogP contribution in [0.25, 0.3) is 5.57 Å². The Hall–Kier alpha value is -3.33. The number of urea groups is 1. The number of sulfonamides is 1. The van der Waals surface area contributed by atoms with Crippen molar-refractivity contribution in [2.45, 2.75) is 58.8 Å². The molecule has 0 aromatic heterocycles. The summed E-state index contributed by atoms with van der Waals surface area (Å²) in [5, 5.41) is 3.65. The Morgan fingerprint density at radius 3 is 2.38 bits per heavy atom. The van der Waals surface area contributed by atoms with Gasteiger partial charge >= 0.3 is 6.03 Å². The quantitative estimate of drug-likeness (QED) is 0.265. The molecule has 9 heteroatoms. The highest BCUT2D eigenvalue weighted by molar-refractivity contribution is 7.89. The fourth-order valence-corrected chi connectivity index (χ4v) is 6.89. The van der Waals surface area contributed by atoms with Crippen molar-refractivity contribution in [3.05, 3.63) is 87.9 Å². The SMILES string of the molecule is CCN(CC)S(=O)(=O)c1ccc(Oc2cc(C)ccc2C(C)C)c(NC(=O)N2CC=C(c3ccc(Cl)cc3C)CC2)c1. The molecule has 0 atom stereocenters. The van der Waals surface area contributed by atoms with Crippen LogP contribution in [-0.2, 0) is 10.0 Å². The summed E-state index contributed by atoms with van der Waals surface area (Å²) in [6.07, 6.45) is 2.75. The van der Waals surface area contributed by atoms with Crippen LogP contribution in [-0.4, -0.2) is 49.8 Å². The number of nitrogens with zero attached hydrogens (tertiary/aromatic N) is 2. The smallest absolute Gasteiger partial charge is 0.322 e. The first-order chi connectivity index (χ1) is 19.9. The molecule has 1 aliphatic rings. The van der Waals surface area contributed by atoms with Gasteiger partial charge in [0.15, 0.2) is 5.75 Å².